The second-order valence-electron chi connectivity index (χ2n) is 8.03. The molecule has 0 fully saturated rings. The Bertz CT molecular complexity index is 1510. The smallest absolute Gasteiger partial charge is 0.251 e. The van der Waals surface area contributed by atoms with Gasteiger partial charge < -0.3 is 9.88 Å². The van der Waals surface area contributed by atoms with Crippen LogP contribution in [0.2, 0.25) is 10.0 Å². The second-order valence-corrected chi connectivity index (χ2v) is 8.87. The van der Waals surface area contributed by atoms with Crippen molar-refractivity contribution in [2.45, 2.75) is 20.0 Å². The highest BCUT2D eigenvalue weighted by molar-refractivity contribution is 6.33. The Morgan fingerprint density at radius 3 is 2.58 bits per heavy atom. The molecule has 1 amide bonds. The lowest BCUT2D eigenvalue weighted by Crippen LogP contribution is -2.24. The molecular weight excluding hydrogens is 453 g/mol. The zero-order valence-corrected chi connectivity index (χ0v) is 19.5. The minimum atomic E-state index is -0.104. The van der Waals surface area contributed by atoms with Gasteiger partial charge in [0.15, 0.2) is 0 Å². The number of hydrogen-bond acceptors (Lipinski definition) is 2. The van der Waals surface area contributed by atoms with Gasteiger partial charge in [-0.05, 0) is 54.4 Å². The summed E-state index contributed by atoms with van der Waals surface area (Å²) in [4.78, 5) is 17.3. The van der Waals surface area contributed by atoms with Crippen LogP contribution < -0.4 is 5.32 Å². The Kier molecular flexibility index (Phi) is 5.79. The molecule has 0 aliphatic rings. The van der Waals surface area contributed by atoms with Gasteiger partial charge in [-0.1, -0.05) is 59.6 Å². The van der Waals surface area contributed by atoms with E-state index in [1.54, 1.807) is 6.07 Å². The normalized spacial score (nSPS) is 11.2. The fourth-order valence-electron chi connectivity index (χ4n) is 4.18. The van der Waals surface area contributed by atoms with E-state index in [4.69, 9.17) is 23.2 Å². The van der Waals surface area contributed by atoms with Crippen LogP contribution in [0, 0.1) is 6.92 Å². The summed E-state index contributed by atoms with van der Waals surface area (Å²) in [6, 6.07) is 23.3. The van der Waals surface area contributed by atoms with E-state index in [2.05, 4.69) is 27.0 Å². The summed E-state index contributed by atoms with van der Waals surface area (Å²) in [7, 11) is 0. The van der Waals surface area contributed by atoms with Crippen LogP contribution >= 0.6 is 23.2 Å². The van der Waals surface area contributed by atoms with E-state index in [0.717, 1.165) is 38.6 Å². The molecule has 0 radical (unpaired) electrons. The molecular formula is C27H21Cl2N3O. The van der Waals surface area contributed by atoms with Gasteiger partial charge in [-0.2, -0.15) is 0 Å². The molecule has 5 rings (SSSR count). The van der Waals surface area contributed by atoms with Crippen molar-refractivity contribution < 1.29 is 4.79 Å². The Morgan fingerprint density at radius 2 is 1.73 bits per heavy atom. The number of amides is 1. The highest BCUT2D eigenvalue weighted by Crippen LogP contribution is 2.31. The number of nitrogens with one attached hydrogen (secondary N) is 1. The number of hydrogen-bond donors (Lipinski definition) is 1. The van der Waals surface area contributed by atoms with Gasteiger partial charge in [-0.25, -0.2) is 0 Å². The van der Waals surface area contributed by atoms with Crippen molar-refractivity contribution in [3.05, 3.63) is 111 Å². The third-order valence-electron chi connectivity index (χ3n) is 5.87. The zero-order valence-electron chi connectivity index (χ0n) is 18.0. The summed E-state index contributed by atoms with van der Waals surface area (Å²) in [6.07, 6.45) is 1.86. The lowest BCUT2D eigenvalue weighted by molar-refractivity contribution is 0.0950. The molecule has 2 heterocycles. The molecule has 2 aromatic heterocycles. The van der Waals surface area contributed by atoms with E-state index in [0.29, 0.717) is 28.7 Å². The van der Waals surface area contributed by atoms with Gasteiger partial charge in [0.2, 0.25) is 0 Å². The van der Waals surface area contributed by atoms with Crippen LogP contribution in [0.4, 0.5) is 0 Å². The SMILES string of the molecule is Cc1ccccc1C(=O)NCc1cc2c3ccccc3n(Cc3cc(Cl)ccc3Cl)c2cn1. The lowest BCUT2D eigenvalue weighted by Gasteiger charge is -2.10. The fourth-order valence-corrected chi connectivity index (χ4v) is 4.56. The van der Waals surface area contributed by atoms with Crippen molar-refractivity contribution in [3.63, 3.8) is 0 Å². The molecule has 0 saturated carbocycles. The molecule has 1 N–H and O–H groups in total. The van der Waals surface area contributed by atoms with Gasteiger partial charge in [0.1, 0.15) is 0 Å². The first-order chi connectivity index (χ1) is 16.0. The average Bonchev–Trinajstić information content (AvgIpc) is 3.13. The number of benzene rings is 3. The number of fused-ring (bicyclic) bond motifs is 3. The van der Waals surface area contributed by atoms with Gasteiger partial charge in [-0.3, -0.25) is 9.78 Å². The van der Waals surface area contributed by atoms with E-state index >= 15 is 0 Å². The quantitative estimate of drug-likeness (QED) is 0.305. The summed E-state index contributed by atoms with van der Waals surface area (Å²) in [5.41, 5.74) is 5.46. The van der Waals surface area contributed by atoms with E-state index in [-0.39, 0.29) is 5.91 Å². The Labute approximate surface area is 201 Å². The summed E-state index contributed by atoms with van der Waals surface area (Å²) >= 11 is 12.7. The van der Waals surface area contributed by atoms with Crippen molar-refractivity contribution >= 4 is 50.9 Å². The summed E-state index contributed by atoms with van der Waals surface area (Å²) < 4.78 is 2.20. The third-order valence-corrected chi connectivity index (χ3v) is 6.48. The minimum absolute atomic E-state index is 0.104. The number of aryl methyl sites for hydroxylation is 1. The Hall–Kier alpha value is -3.34. The highest BCUT2D eigenvalue weighted by Gasteiger charge is 2.14. The molecule has 0 aliphatic heterocycles. The van der Waals surface area contributed by atoms with Crippen LogP contribution in [0.3, 0.4) is 0 Å². The maximum absolute atomic E-state index is 12.6. The largest absolute Gasteiger partial charge is 0.346 e. The summed E-state index contributed by atoms with van der Waals surface area (Å²) in [5, 5.41) is 6.52. The molecule has 0 saturated heterocycles. The molecule has 4 nitrogen and oxygen atoms in total. The molecule has 164 valence electrons. The number of halogens is 2. The zero-order chi connectivity index (χ0) is 22.9. The number of pyridine rings is 1. The molecule has 6 heteroatoms. The summed E-state index contributed by atoms with van der Waals surface area (Å²) in [5.74, 6) is -0.104. The molecule has 0 unspecified atom stereocenters. The predicted molar refractivity (Wildman–Crippen MR) is 135 cm³/mol. The average molecular weight is 474 g/mol. The highest BCUT2D eigenvalue weighted by atomic mass is 35.5. The summed E-state index contributed by atoms with van der Waals surface area (Å²) in [6.45, 7) is 2.86. The lowest BCUT2D eigenvalue weighted by atomic mass is 10.1. The van der Waals surface area contributed by atoms with Gasteiger partial charge >= 0.3 is 0 Å². The van der Waals surface area contributed by atoms with Crippen molar-refractivity contribution in [1.29, 1.82) is 0 Å². The maximum Gasteiger partial charge on any atom is 0.251 e. The number of carbonyl (C=O) groups is 1. The van der Waals surface area contributed by atoms with Gasteiger partial charge in [0, 0.05) is 38.4 Å². The van der Waals surface area contributed by atoms with Crippen molar-refractivity contribution in [2.75, 3.05) is 0 Å². The van der Waals surface area contributed by atoms with E-state index in [1.165, 1.54) is 0 Å². The van der Waals surface area contributed by atoms with Crippen molar-refractivity contribution in [3.8, 4) is 0 Å². The Morgan fingerprint density at radius 1 is 0.939 bits per heavy atom. The monoisotopic (exact) mass is 473 g/mol. The first-order valence-corrected chi connectivity index (χ1v) is 11.4. The van der Waals surface area contributed by atoms with Crippen LogP contribution in [0.15, 0.2) is 79.0 Å². The minimum Gasteiger partial charge on any atom is -0.346 e. The molecule has 0 bridgehead atoms. The molecule has 5 aromatic rings. The van der Waals surface area contributed by atoms with Crippen molar-refractivity contribution in [2.24, 2.45) is 0 Å². The predicted octanol–water partition coefficient (Wildman–Crippen LogP) is 6.78. The number of carbonyl (C=O) groups excluding carboxylic acids is 1. The molecule has 0 spiro atoms. The topological polar surface area (TPSA) is 46.9 Å². The Balaban J connectivity index is 1.50. The molecule has 3 aromatic carbocycles. The van der Waals surface area contributed by atoms with Crippen LogP contribution in [0.5, 0.6) is 0 Å². The van der Waals surface area contributed by atoms with Gasteiger partial charge in [0.05, 0.1) is 24.0 Å². The first-order valence-electron chi connectivity index (χ1n) is 10.6. The second kappa shape index (κ2) is 8.89. The van der Waals surface area contributed by atoms with Crippen molar-refractivity contribution in [1.82, 2.24) is 14.9 Å². The van der Waals surface area contributed by atoms with E-state index < -0.39 is 0 Å². The number of para-hydroxylation sites is 1. The fraction of sp³-hybridized carbons (Fsp3) is 0.111. The molecule has 0 atom stereocenters. The number of rotatable bonds is 5. The van der Waals surface area contributed by atoms with E-state index in [9.17, 15) is 4.79 Å². The van der Waals surface area contributed by atoms with Crippen LogP contribution in [-0.2, 0) is 13.1 Å². The maximum atomic E-state index is 12.6. The van der Waals surface area contributed by atoms with Crippen LogP contribution in [0.25, 0.3) is 21.8 Å². The van der Waals surface area contributed by atoms with Crippen LogP contribution in [0.1, 0.15) is 27.2 Å². The third kappa shape index (κ3) is 4.20. The first kappa shape index (κ1) is 21.5. The van der Waals surface area contributed by atoms with Gasteiger partial charge in [-0.15, -0.1) is 0 Å². The van der Waals surface area contributed by atoms with E-state index in [1.807, 2.05) is 67.7 Å². The number of nitrogens with zero attached hydrogens (tertiary/aromatic N) is 2. The molecule has 33 heavy (non-hydrogen) atoms. The van der Waals surface area contributed by atoms with Crippen LogP contribution in [-0.4, -0.2) is 15.5 Å². The molecule has 0 aliphatic carbocycles. The standard InChI is InChI=1S/C27H21Cl2N3O/c1-17-6-2-3-7-21(17)27(33)31-14-20-13-23-22-8-4-5-9-25(22)32(26(23)15-30-20)16-18-12-19(28)10-11-24(18)29/h2-13,15H,14,16H2,1H3,(H,31,33). The van der Waals surface area contributed by atoms with Gasteiger partial charge in [0.25, 0.3) is 5.91 Å². The number of aromatic nitrogens is 2.